The summed E-state index contributed by atoms with van der Waals surface area (Å²) in [6, 6.07) is 10.5. The largest absolute Gasteiger partial charge is 0.320 e. The molecule has 2 heterocycles. The molecule has 0 saturated heterocycles. The Balaban J connectivity index is 1.72. The first kappa shape index (κ1) is 13.3. The number of amidine groups is 1. The lowest BCUT2D eigenvalue weighted by molar-refractivity contribution is 0.736. The first-order chi connectivity index (χ1) is 9.83. The predicted octanol–water partition coefficient (Wildman–Crippen LogP) is 4.29. The maximum Gasteiger partial charge on any atom is 0.188 e. The zero-order valence-corrected chi connectivity index (χ0v) is 12.5. The van der Waals surface area contributed by atoms with Gasteiger partial charge in [0, 0.05) is 24.3 Å². The van der Waals surface area contributed by atoms with E-state index in [1.165, 1.54) is 18.4 Å². The summed E-state index contributed by atoms with van der Waals surface area (Å²) in [7, 11) is 0. The number of rotatable bonds is 3. The highest BCUT2D eigenvalue weighted by atomic mass is 32.1. The van der Waals surface area contributed by atoms with Crippen molar-refractivity contribution in [1.29, 1.82) is 0 Å². The van der Waals surface area contributed by atoms with Gasteiger partial charge in [0.05, 0.1) is 5.69 Å². The molecule has 104 valence electrons. The summed E-state index contributed by atoms with van der Waals surface area (Å²) in [4.78, 5) is 9.22. The molecule has 1 aromatic carbocycles. The van der Waals surface area contributed by atoms with Crippen molar-refractivity contribution in [3.8, 4) is 0 Å². The van der Waals surface area contributed by atoms with E-state index < -0.39 is 0 Å². The van der Waals surface area contributed by atoms with Crippen LogP contribution in [0.2, 0.25) is 0 Å². The van der Waals surface area contributed by atoms with Crippen LogP contribution in [0.15, 0.2) is 40.7 Å². The minimum absolute atomic E-state index is 0.330. The number of benzene rings is 1. The zero-order valence-electron chi connectivity index (χ0n) is 11.7. The number of aliphatic imine (C=N–C) groups is 1. The number of aromatic nitrogens is 1. The first-order valence-electron chi connectivity index (χ1n) is 7.13. The Kier molecular flexibility index (Phi) is 4.11. The number of nitrogens with one attached hydrogen (secondary N) is 1. The zero-order chi connectivity index (χ0) is 13.8. The van der Waals surface area contributed by atoms with E-state index in [4.69, 9.17) is 4.98 Å². The van der Waals surface area contributed by atoms with Gasteiger partial charge in [0.15, 0.2) is 5.13 Å². The van der Waals surface area contributed by atoms with Crippen molar-refractivity contribution in [1.82, 2.24) is 4.98 Å². The molecule has 0 aliphatic carbocycles. The molecule has 0 spiro atoms. The SMILES string of the molecule is CC(c1ccccc1)c1csc(NC2=NCCCC2)n1. The lowest BCUT2D eigenvalue weighted by Gasteiger charge is -2.12. The normalized spacial score (nSPS) is 16.6. The number of hydrogen-bond acceptors (Lipinski definition) is 4. The quantitative estimate of drug-likeness (QED) is 0.913. The Morgan fingerprint density at radius 2 is 2.05 bits per heavy atom. The fraction of sp³-hybridized carbons (Fsp3) is 0.375. The van der Waals surface area contributed by atoms with E-state index in [9.17, 15) is 0 Å². The Morgan fingerprint density at radius 1 is 1.20 bits per heavy atom. The molecule has 0 radical (unpaired) electrons. The van der Waals surface area contributed by atoms with Gasteiger partial charge >= 0.3 is 0 Å². The Morgan fingerprint density at radius 3 is 2.80 bits per heavy atom. The topological polar surface area (TPSA) is 37.3 Å². The van der Waals surface area contributed by atoms with Gasteiger partial charge in [-0.05, 0) is 18.4 Å². The molecule has 3 nitrogen and oxygen atoms in total. The molecule has 2 aromatic rings. The standard InChI is InChI=1S/C16H19N3S/c1-12(13-7-3-2-4-8-13)14-11-20-16(18-14)19-15-9-5-6-10-17-15/h2-4,7-8,11-12H,5-6,9-10H2,1H3,(H,17,18,19). The van der Waals surface area contributed by atoms with Gasteiger partial charge < -0.3 is 5.32 Å². The minimum atomic E-state index is 0.330. The first-order valence-corrected chi connectivity index (χ1v) is 8.01. The summed E-state index contributed by atoms with van der Waals surface area (Å²) >= 11 is 1.66. The van der Waals surface area contributed by atoms with Gasteiger partial charge in [-0.3, -0.25) is 4.99 Å². The van der Waals surface area contributed by atoms with Crippen LogP contribution < -0.4 is 5.32 Å². The third-order valence-electron chi connectivity index (χ3n) is 3.64. The van der Waals surface area contributed by atoms with E-state index in [2.05, 4.69) is 46.9 Å². The molecule has 1 atom stereocenters. The number of anilines is 1. The van der Waals surface area contributed by atoms with Crippen molar-refractivity contribution < 1.29 is 0 Å². The molecule has 4 heteroatoms. The number of nitrogens with zero attached hydrogens (tertiary/aromatic N) is 2. The van der Waals surface area contributed by atoms with Gasteiger partial charge in [-0.25, -0.2) is 4.98 Å². The molecule has 1 aromatic heterocycles. The maximum absolute atomic E-state index is 4.71. The van der Waals surface area contributed by atoms with Crippen LogP contribution in [0.3, 0.4) is 0 Å². The average molecular weight is 285 g/mol. The van der Waals surface area contributed by atoms with Crippen LogP contribution >= 0.6 is 11.3 Å². The summed E-state index contributed by atoms with van der Waals surface area (Å²) in [6.07, 6.45) is 3.48. The van der Waals surface area contributed by atoms with Gasteiger partial charge in [-0.15, -0.1) is 11.3 Å². The van der Waals surface area contributed by atoms with Gasteiger partial charge in [-0.2, -0.15) is 0 Å². The van der Waals surface area contributed by atoms with Crippen molar-refractivity contribution in [3.05, 3.63) is 47.0 Å². The van der Waals surface area contributed by atoms with E-state index >= 15 is 0 Å². The molecule has 1 aliphatic rings. The third kappa shape index (κ3) is 3.07. The highest BCUT2D eigenvalue weighted by molar-refractivity contribution is 7.14. The highest BCUT2D eigenvalue weighted by Crippen LogP contribution is 2.27. The molecule has 0 saturated carbocycles. The highest BCUT2D eigenvalue weighted by Gasteiger charge is 2.13. The molecule has 1 N–H and O–H groups in total. The Hall–Kier alpha value is -1.68. The molecule has 20 heavy (non-hydrogen) atoms. The summed E-state index contributed by atoms with van der Waals surface area (Å²) in [5.74, 6) is 1.42. The van der Waals surface area contributed by atoms with Crippen LogP contribution in [0.25, 0.3) is 0 Å². The van der Waals surface area contributed by atoms with E-state index in [0.717, 1.165) is 29.6 Å². The molecule has 0 bridgehead atoms. The van der Waals surface area contributed by atoms with Gasteiger partial charge in [0.1, 0.15) is 5.84 Å². The fourth-order valence-electron chi connectivity index (χ4n) is 2.38. The van der Waals surface area contributed by atoms with Crippen molar-refractivity contribution in [2.24, 2.45) is 4.99 Å². The molecule has 1 unspecified atom stereocenters. The van der Waals surface area contributed by atoms with Crippen molar-refractivity contribution >= 4 is 22.3 Å². The molecular weight excluding hydrogens is 266 g/mol. The van der Waals surface area contributed by atoms with E-state index in [1.807, 2.05) is 6.07 Å². The summed E-state index contributed by atoms with van der Waals surface area (Å²) in [6.45, 7) is 3.15. The fourth-order valence-corrected chi connectivity index (χ4v) is 3.20. The summed E-state index contributed by atoms with van der Waals surface area (Å²) < 4.78 is 0. The second kappa shape index (κ2) is 6.18. The number of hydrogen-bond donors (Lipinski definition) is 1. The minimum Gasteiger partial charge on any atom is -0.320 e. The van der Waals surface area contributed by atoms with E-state index in [-0.39, 0.29) is 0 Å². The Labute approximate surface area is 123 Å². The van der Waals surface area contributed by atoms with Crippen LogP contribution in [0.5, 0.6) is 0 Å². The monoisotopic (exact) mass is 285 g/mol. The second-order valence-electron chi connectivity index (χ2n) is 5.12. The van der Waals surface area contributed by atoms with Crippen molar-refractivity contribution in [3.63, 3.8) is 0 Å². The van der Waals surface area contributed by atoms with Gasteiger partial charge in [-0.1, -0.05) is 37.3 Å². The maximum atomic E-state index is 4.71. The third-order valence-corrected chi connectivity index (χ3v) is 4.42. The van der Waals surface area contributed by atoms with Crippen LogP contribution in [0.4, 0.5) is 5.13 Å². The van der Waals surface area contributed by atoms with E-state index in [0.29, 0.717) is 5.92 Å². The van der Waals surface area contributed by atoms with Crippen LogP contribution in [-0.4, -0.2) is 17.4 Å². The smallest absolute Gasteiger partial charge is 0.188 e. The van der Waals surface area contributed by atoms with Crippen LogP contribution in [0.1, 0.15) is 43.4 Å². The molecule has 1 aliphatic heterocycles. The average Bonchev–Trinajstić information content (AvgIpc) is 2.97. The van der Waals surface area contributed by atoms with Crippen molar-refractivity contribution in [2.45, 2.75) is 32.1 Å². The predicted molar refractivity (Wildman–Crippen MR) is 85.8 cm³/mol. The van der Waals surface area contributed by atoms with Crippen molar-refractivity contribution in [2.75, 3.05) is 11.9 Å². The summed E-state index contributed by atoms with van der Waals surface area (Å²) in [5.41, 5.74) is 2.43. The molecule has 0 amide bonds. The molecular formula is C16H19N3S. The lowest BCUT2D eigenvalue weighted by atomic mass is 9.99. The van der Waals surface area contributed by atoms with E-state index in [1.54, 1.807) is 11.3 Å². The van der Waals surface area contributed by atoms with Crippen LogP contribution in [0, 0.1) is 0 Å². The Bertz CT molecular complexity index is 589. The molecule has 0 fully saturated rings. The van der Waals surface area contributed by atoms with Gasteiger partial charge in [0.25, 0.3) is 0 Å². The number of thiazole rings is 1. The van der Waals surface area contributed by atoms with Gasteiger partial charge in [0.2, 0.25) is 0 Å². The lowest BCUT2D eigenvalue weighted by Crippen LogP contribution is -2.16. The molecule has 3 rings (SSSR count). The summed E-state index contributed by atoms with van der Waals surface area (Å²) in [5, 5.41) is 6.47. The van der Waals surface area contributed by atoms with Crippen LogP contribution in [-0.2, 0) is 0 Å². The second-order valence-corrected chi connectivity index (χ2v) is 5.98.